The Morgan fingerprint density at radius 3 is 2.55 bits per heavy atom. The number of fused-ring (bicyclic) bond motifs is 1. The lowest BCUT2D eigenvalue weighted by Crippen LogP contribution is -2.39. The van der Waals surface area contributed by atoms with Crippen LogP contribution in [-0.2, 0) is 11.3 Å². The smallest absolute Gasteiger partial charge is 0.267 e. The van der Waals surface area contributed by atoms with Crippen molar-refractivity contribution in [2.24, 2.45) is 0 Å². The first kappa shape index (κ1) is 19.5. The van der Waals surface area contributed by atoms with E-state index in [0.29, 0.717) is 30.4 Å². The molecule has 7 nitrogen and oxygen atoms in total. The molecule has 0 spiro atoms. The van der Waals surface area contributed by atoms with Gasteiger partial charge in [0.25, 0.3) is 5.56 Å². The fourth-order valence-electron chi connectivity index (χ4n) is 3.87. The van der Waals surface area contributed by atoms with Gasteiger partial charge in [0, 0.05) is 24.1 Å². The van der Waals surface area contributed by atoms with E-state index in [1.807, 2.05) is 18.2 Å². The molecule has 4 rings (SSSR count). The first-order valence-electron chi connectivity index (χ1n) is 10.5. The first-order valence-corrected chi connectivity index (χ1v) is 10.5. The molecule has 1 aromatic heterocycles. The van der Waals surface area contributed by atoms with Gasteiger partial charge in [-0.05, 0) is 37.1 Å². The van der Waals surface area contributed by atoms with Crippen LogP contribution in [0.5, 0.6) is 11.5 Å². The van der Waals surface area contributed by atoms with E-state index in [-0.39, 0.29) is 24.1 Å². The minimum absolute atomic E-state index is 0.0757. The van der Waals surface area contributed by atoms with Crippen LogP contribution >= 0.6 is 0 Å². The first-order chi connectivity index (χ1) is 14.2. The molecule has 2 aromatic rings. The van der Waals surface area contributed by atoms with E-state index in [2.05, 4.69) is 10.4 Å². The molecule has 29 heavy (non-hydrogen) atoms. The van der Waals surface area contributed by atoms with Gasteiger partial charge in [0.15, 0.2) is 11.5 Å². The molecular weight excluding hydrogens is 370 g/mol. The van der Waals surface area contributed by atoms with E-state index in [1.165, 1.54) is 23.6 Å². The van der Waals surface area contributed by atoms with Gasteiger partial charge in [0.2, 0.25) is 5.91 Å². The Balaban J connectivity index is 1.49. The van der Waals surface area contributed by atoms with Crippen molar-refractivity contribution in [3.8, 4) is 22.8 Å². The molecule has 1 aliphatic carbocycles. The van der Waals surface area contributed by atoms with Gasteiger partial charge in [-0.25, -0.2) is 4.68 Å². The number of carbonyl (C=O) groups is 1. The van der Waals surface area contributed by atoms with Crippen molar-refractivity contribution >= 4 is 5.91 Å². The highest BCUT2D eigenvalue weighted by atomic mass is 16.5. The number of amides is 1. The van der Waals surface area contributed by atoms with Crippen LogP contribution in [0.15, 0.2) is 35.1 Å². The molecule has 2 heterocycles. The van der Waals surface area contributed by atoms with Crippen LogP contribution in [-0.4, -0.2) is 34.9 Å². The Hall–Kier alpha value is -2.83. The molecule has 0 unspecified atom stereocenters. The summed E-state index contributed by atoms with van der Waals surface area (Å²) in [4.78, 5) is 24.7. The van der Waals surface area contributed by atoms with Crippen molar-refractivity contribution in [3.63, 3.8) is 0 Å². The number of hydrogen-bond donors (Lipinski definition) is 1. The van der Waals surface area contributed by atoms with Gasteiger partial charge in [-0.1, -0.05) is 25.7 Å². The van der Waals surface area contributed by atoms with Crippen LogP contribution in [0.4, 0.5) is 0 Å². The van der Waals surface area contributed by atoms with Crippen LogP contribution in [0.1, 0.15) is 44.9 Å². The van der Waals surface area contributed by atoms with Gasteiger partial charge in [0.1, 0.15) is 6.54 Å². The molecule has 0 atom stereocenters. The Morgan fingerprint density at radius 2 is 1.76 bits per heavy atom. The third-order valence-electron chi connectivity index (χ3n) is 5.42. The zero-order valence-electron chi connectivity index (χ0n) is 16.6. The van der Waals surface area contributed by atoms with Crippen molar-refractivity contribution < 1.29 is 14.3 Å². The van der Waals surface area contributed by atoms with Gasteiger partial charge in [-0.2, -0.15) is 5.10 Å². The van der Waals surface area contributed by atoms with Crippen LogP contribution in [0, 0.1) is 0 Å². The highest BCUT2D eigenvalue weighted by Gasteiger charge is 2.17. The molecule has 1 fully saturated rings. The topological polar surface area (TPSA) is 82.5 Å². The number of hydrogen-bond acceptors (Lipinski definition) is 5. The normalized spacial score (nSPS) is 17.2. The van der Waals surface area contributed by atoms with Gasteiger partial charge < -0.3 is 14.8 Å². The van der Waals surface area contributed by atoms with E-state index in [0.717, 1.165) is 37.7 Å². The quantitative estimate of drug-likeness (QED) is 0.802. The Kier molecular flexibility index (Phi) is 6.12. The van der Waals surface area contributed by atoms with Crippen molar-refractivity contribution in [3.05, 3.63) is 40.7 Å². The number of aromatic nitrogens is 2. The zero-order valence-corrected chi connectivity index (χ0v) is 16.6. The predicted molar refractivity (Wildman–Crippen MR) is 109 cm³/mol. The molecule has 1 aromatic carbocycles. The number of nitrogens with zero attached hydrogens (tertiary/aromatic N) is 2. The molecular formula is C22H27N3O4. The second-order valence-corrected chi connectivity index (χ2v) is 7.68. The molecule has 1 saturated carbocycles. The summed E-state index contributed by atoms with van der Waals surface area (Å²) >= 11 is 0. The summed E-state index contributed by atoms with van der Waals surface area (Å²) in [5.41, 5.74) is 1.13. The summed E-state index contributed by atoms with van der Waals surface area (Å²) < 4.78 is 12.6. The third kappa shape index (κ3) is 4.96. The monoisotopic (exact) mass is 397 g/mol. The highest BCUT2D eigenvalue weighted by Crippen LogP contribution is 2.33. The number of carbonyl (C=O) groups excluding carboxylic acids is 1. The molecule has 1 amide bonds. The number of ether oxygens (including phenoxy) is 2. The summed E-state index contributed by atoms with van der Waals surface area (Å²) in [6.45, 7) is 1.16. The zero-order chi connectivity index (χ0) is 20.1. The SMILES string of the molecule is O=C(Cn1nc(-c2ccc3c(c2)OCCCO3)ccc1=O)NC1CCCCCC1. The Morgan fingerprint density at radius 1 is 1.00 bits per heavy atom. The summed E-state index contributed by atoms with van der Waals surface area (Å²) in [7, 11) is 0. The second kappa shape index (κ2) is 9.11. The summed E-state index contributed by atoms with van der Waals surface area (Å²) in [6.07, 6.45) is 7.58. The van der Waals surface area contributed by atoms with E-state index in [4.69, 9.17) is 9.47 Å². The van der Waals surface area contributed by atoms with E-state index < -0.39 is 0 Å². The van der Waals surface area contributed by atoms with Crippen molar-refractivity contribution in [2.75, 3.05) is 13.2 Å². The Labute approximate surface area is 170 Å². The lowest BCUT2D eigenvalue weighted by molar-refractivity contribution is -0.122. The lowest BCUT2D eigenvalue weighted by atomic mass is 10.1. The van der Waals surface area contributed by atoms with Crippen molar-refractivity contribution in [1.82, 2.24) is 15.1 Å². The standard InChI is InChI=1S/C22H27N3O4/c26-21(23-17-6-3-1-2-4-7-17)15-25-22(27)11-9-18(24-25)16-8-10-19-20(14-16)29-13-5-12-28-19/h8-11,14,17H,1-7,12-13,15H2,(H,23,26). The molecule has 154 valence electrons. The third-order valence-corrected chi connectivity index (χ3v) is 5.42. The summed E-state index contributed by atoms with van der Waals surface area (Å²) in [5, 5.41) is 7.48. The van der Waals surface area contributed by atoms with E-state index >= 15 is 0 Å². The number of benzene rings is 1. The van der Waals surface area contributed by atoms with Crippen LogP contribution in [0.2, 0.25) is 0 Å². The van der Waals surface area contributed by atoms with Gasteiger partial charge in [-0.15, -0.1) is 0 Å². The fourth-order valence-corrected chi connectivity index (χ4v) is 3.87. The minimum atomic E-state index is -0.292. The minimum Gasteiger partial charge on any atom is -0.490 e. The molecule has 0 saturated heterocycles. The van der Waals surface area contributed by atoms with E-state index in [1.54, 1.807) is 6.07 Å². The maximum atomic E-state index is 12.5. The van der Waals surface area contributed by atoms with Gasteiger partial charge >= 0.3 is 0 Å². The molecule has 1 aliphatic heterocycles. The number of rotatable bonds is 4. The van der Waals surface area contributed by atoms with Gasteiger partial charge in [-0.3, -0.25) is 9.59 Å². The second-order valence-electron chi connectivity index (χ2n) is 7.68. The highest BCUT2D eigenvalue weighted by molar-refractivity contribution is 5.76. The molecule has 7 heteroatoms. The van der Waals surface area contributed by atoms with Crippen LogP contribution in [0.3, 0.4) is 0 Å². The van der Waals surface area contributed by atoms with Crippen LogP contribution in [0.25, 0.3) is 11.3 Å². The molecule has 0 radical (unpaired) electrons. The molecule has 0 bridgehead atoms. The predicted octanol–water partition coefficient (Wildman–Crippen LogP) is 2.91. The molecule has 1 N–H and O–H groups in total. The molecule has 2 aliphatic rings. The van der Waals surface area contributed by atoms with Crippen molar-refractivity contribution in [2.45, 2.75) is 57.5 Å². The maximum Gasteiger partial charge on any atom is 0.267 e. The van der Waals surface area contributed by atoms with Gasteiger partial charge in [0.05, 0.1) is 18.9 Å². The fraction of sp³-hybridized carbons (Fsp3) is 0.500. The Bertz CT molecular complexity index is 917. The largest absolute Gasteiger partial charge is 0.490 e. The van der Waals surface area contributed by atoms with Crippen molar-refractivity contribution in [1.29, 1.82) is 0 Å². The lowest BCUT2D eigenvalue weighted by Gasteiger charge is -2.16. The maximum absolute atomic E-state index is 12.5. The average Bonchev–Trinajstić information content (AvgIpc) is 3.11. The number of nitrogens with one attached hydrogen (secondary N) is 1. The average molecular weight is 397 g/mol. The summed E-state index contributed by atoms with van der Waals surface area (Å²) in [5.74, 6) is 1.22. The van der Waals surface area contributed by atoms with Crippen LogP contribution < -0.4 is 20.3 Å². The van der Waals surface area contributed by atoms with E-state index in [9.17, 15) is 9.59 Å². The summed E-state index contributed by atoms with van der Waals surface area (Å²) in [6, 6.07) is 8.92.